The summed E-state index contributed by atoms with van der Waals surface area (Å²) in [6, 6.07) is 1.90. The van der Waals surface area contributed by atoms with E-state index in [-0.39, 0.29) is 5.54 Å². The van der Waals surface area contributed by atoms with Crippen LogP contribution in [0.3, 0.4) is 0 Å². The fourth-order valence-corrected chi connectivity index (χ4v) is 3.10. The minimum absolute atomic E-state index is 0.214. The average molecular weight is 392 g/mol. The first kappa shape index (κ1) is 21.2. The molecule has 27 heavy (non-hydrogen) atoms. The molecule has 0 radical (unpaired) electrons. The number of anilines is 1. The highest BCUT2D eigenvalue weighted by atomic mass is 19.4. The molecule has 2 aliphatic heterocycles. The molecule has 1 spiro atoms. The molecule has 8 nitrogen and oxygen atoms in total. The van der Waals surface area contributed by atoms with E-state index in [2.05, 4.69) is 26.8 Å². The molecule has 0 atom stereocenters. The van der Waals surface area contributed by atoms with E-state index in [1.54, 1.807) is 13.4 Å². The number of aromatic nitrogens is 2. The first-order valence-electron chi connectivity index (χ1n) is 8.38. The SMILES string of the molecule is COc1cc(N2CCC3(CC2)COCCN3C)ncn1.O=C(O)C(F)(F)F. The summed E-state index contributed by atoms with van der Waals surface area (Å²) in [6.45, 7) is 4.72. The molecule has 0 saturated carbocycles. The maximum atomic E-state index is 10.6. The summed E-state index contributed by atoms with van der Waals surface area (Å²) in [6.07, 6.45) is -1.31. The van der Waals surface area contributed by atoms with Crippen molar-refractivity contribution in [2.75, 3.05) is 51.9 Å². The smallest absolute Gasteiger partial charge is 0.481 e. The van der Waals surface area contributed by atoms with Gasteiger partial charge in [0.2, 0.25) is 5.88 Å². The predicted octanol–water partition coefficient (Wildman–Crippen LogP) is 1.42. The molecular formula is C16H23F3N4O4. The van der Waals surface area contributed by atoms with Gasteiger partial charge in [0, 0.05) is 31.2 Å². The van der Waals surface area contributed by atoms with E-state index in [0.29, 0.717) is 5.88 Å². The van der Waals surface area contributed by atoms with Crippen molar-refractivity contribution in [3.63, 3.8) is 0 Å². The van der Waals surface area contributed by atoms with Crippen LogP contribution in [-0.4, -0.2) is 84.7 Å². The molecule has 1 aromatic heterocycles. The minimum Gasteiger partial charge on any atom is -0.481 e. The molecule has 0 aromatic carbocycles. The third kappa shape index (κ3) is 5.42. The normalized spacial score (nSPS) is 20.0. The zero-order chi connectivity index (χ0) is 20.1. The van der Waals surface area contributed by atoms with Crippen molar-refractivity contribution < 1.29 is 32.5 Å². The number of piperidine rings is 1. The van der Waals surface area contributed by atoms with Gasteiger partial charge < -0.3 is 19.5 Å². The Morgan fingerprint density at radius 1 is 1.30 bits per heavy atom. The molecule has 2 fully saturated rings. The number of ether oxygens (including phenoxy) is 2. The predicted molar refractivity (Wildman–Crippen MR) is 89.9 cm³/mol. The van der Waals surface area contributed by atoms with Crippen LogP contribution in [0.5, 0.6) is 5.88 Å². The van der Waals surface area contributed by atoms with Crippen LogP contribution in [0.25, 0.3) is 0 Å². The summed E-state index contributed by atoms with van der Waals surface area (Å²) >= 11 is 0. The Bertz CT molecular complexity index is 636. The van der Waals surface area contributed by atoms with Crippen LogP contribution in [0.2, 0.25) is 0 Å². The van der Waals surface area contributed by atoms with Crippen LogP contribution in [0, 0.1) is 0 Å². The highest BCUT2D eigenvalue weighted by molar-refractivity contribution is 5.73. The quantitative estimate of drug-likeness (QED) is 0.809. The molecule has 11 heteroatoms. The summed E-state index contributed by atoms with van der Waals surface area (Å²) in [4.78, 5) is 22.1. The van der Waals surface area contributed by atoms with Gasteiger partial charge >= 0.3 is 12.1 Å². The number of carbonyl (C=O) groups is 1. The monoisotopic (exact) mass is 392 g/mol. The highest BCUT2D eigenvalue weighted by Crippen LogP contribution is 2.32. The number of halogens is 3. The second-order valence-electron chi connectivity index (χ2n) is 6.41. The molecule has 0 aliphatic carbocycles. The second-order valence-corrected chi connectivity index (χ2v) is 6.41. The van der Waals surface area contributed by atoms with E-state index in [4.69, 9.17) is 19.4 Å². The van der Waals surface area contributed by atoms with Gasteiger partial charge in [0.1, 0.15) is 12.1 Å². The second kappa shape index (κ2) is 8.70. The summed E-state index contributed by atoms with van der Waals surface area (Å²) in [5.41, 5.74) is 0.214. The van der Waals surface area contributed by atoms with E-state index in [9.17, 15) is 13.2 Å². The molecule has 152 valence electrons. The lowest BCUT2D eigenvalue weighted by Gasteiger charge is -2.49. The van der Waals surface area contributed by atoms with E-state index in [0.717, 1.165) is 51.5 Å². The first-order valence-corrected chi connectivity index (χ1v) is 8.38. The third-order valence-electron chi connectivity index (χ3n) is 4.85. The maximum absolute atomic E-state index is 10.6. The molecule has 2 aliphatic rings. The van der Waals surface area contributed by atoms with Crippen molar-refractivity contribution >= 4 is 11.8 Å². The minimum atomic E-state index is -5.08. The lowest BCUT2D eigenvalue weighted by atomic mass is 9.86. The van der Waals surface area contributed by atoms with Gasteiger partial charge in [-0.3, -0.25) is 4.90 Å². The molecule has 0 amide bonds. The van der Waals surface area contributed by atoms with Crippen molar-refractivity contribution in [3.8, 4) is 5.88 Å². The summed E-state index contributed by atoms with van der Waals surface area (Å²) < 4.78 is 42.6. The maximum Gasteiger partial charge on any atom is 0.490 e. The van der Waals surface area contributed by atoms with Crippen LogP contribution in [0.15, 0.2) is 12.4 Å². The van der Waals surface area contributed by atoms with Gasteiger partial charge in [-0.1, -0.05) is 0 Å². The number of carboxylic acids is 1. The van der Waals surface area contributed by atoms with Crippen LogP contribution in [0.1, 0.15) is 12.8 Å². The van der Waals surface area contributed by atoms with Crippen LogP contribution >= 0.6 is 0 Å². The number of morpholine rings is 1. The standard InChI is InChI=1S/C14H22N4O2.C2HF3O2/c1-17-7-8-20-10-14(17)3-5-18(6-4-14)12-9-13(19-2)16-11-15-12;3-2(4,5)1(6)7/h9,11H,3-8,10H2,1-2H3;(H,6,7). The molecule has 1 aromatic rings. The molecule has 0 unspecified atom stereocenters. The number of hydrogen-bond donors (Lipinski definition) is 1. The number of aliphatic carboxylic acids is 1. The van der Waals surface area contributed by atoms with Crippen molar-refractivity contribution in [2.45, 2.75) is 24.6 Å². The fourth-order valence-electron chi connectivity index (χ4n) is 3.10. The van der Waals surface area contributed by atoms with Gasteiger partial charge in [-0.25, -0.2) is 14.8 Å². The molecule has 2 saturated heterocycles. The van der Waals surface area contributed by atoms with Crippen LogP contribution < -0.4 is 9.64 Å². The lowest BCUT2D eigenvalue weighted by Crippen LogP contribution is -2.60. The van der Waals surface area contributed by atoms with Gasteiger partial charge in [-0.15, -0.1) is 0 Å². The van der Waals surface area contributed by atoms with Crippen molar-refractivity contribution in [1.82, 2.24) is 14.9 Å². The number of nitrogens with zero attached hydrogens (tertiary/aromatic N) is 4. The zero-order valence-electron chi connectivity index (χ0n) is 15.2. The number of rotatable bonds is 2. The fraction of sp³-hybridized carbons (Fsp3) is 0.688. The van der Waals surface area contributed by atoms with Gasteiger partial charge in [-0.2, -0.15) is 13.2 Å². The number of hydrogen-bond acceptors (Lipinski definition) is 7. The van der Waals surface area contributed by atoms with Gasteiger partial charge in [0.25, 0.3) is 0 Å². The Hall–Kier alpha value is -2.14. The molecule has 1 N–H and O–H groups in total. The number of likely N-dealkylation sites (N-methyl/N-ethyl adjacent to an activating group) is 1. The largest absolute Gasteiger partial charge is 0.490 e. The summed E-state index contributed by atoms with van der Waals surface area (Å²) in [5.74, 6) is -1.19. The zero-order valence-corrected chi connectivity index (χ0v) is 15.2. The Labute approximate surface area is 154 Å². The molecular weight excluding hydrogens is 369 g/mol. The van der Waals surface area contributed by atoms with Crippen LogP contribution in [-0.2, 0) is 9.53 Å². The van der Waals surface area contributed by atoms with E-state index < -0.39 is 12.1 Å². The Morgan fingerprint density at radius 2 is 1.93 bits per heavy atom. The number of carboxylic acid groups (broad SMARTS) is 1. The van der Waals surface area contributed by atoms with E-state index in [1.807, 2.05) is 6.07 Å². The Morgan fingerprint density at radius 3 is 2.44 bits per heavy atom. The Balaban J connectivity index is 0.000000321. The number of alkyl halides is 3. The van der Waals surface area contributed by atoms with E-state index >= 15 is 0 Å². The molecule has 3 rings (SSSR count). The summed E-state index contributed by atoms with van der Waals surface area (Å²) in [5, 5.41) is 7.12. The lowest BCUT2D eigenvalue weighted by molar-refractivity contribution is -0.192. The first-order chi connectivity index (χ1) is 12.7. The Kier molecular flexibility index (Phi) is 6.82. The highest BCUT2D eigenvalue weighted by Gasteiger charge is 2.40. The summed E-state index contributed by atoms with van der Waals surface area (Å²) in [7, 11) is 3.84. The molecule has 0 bridgehead atoms. The van der Waals surface area contributed by atoms with Gasteiger partial charge in [0.05, 0.1) is 20.3 Å². The van der Waals surface area contributed by atoms with Gasteiger partial charge in [0.15, 0.2) is 0 Å². The molecule has 3 heterocycles. The number of methoxy groups -OCH3 is 1. The van der Waals surface area contributed by atoms with Crippen molar-refractivity contribution in [3.05, 3.63) is 12.4 Å². The van der Waals surface area contributed by atoms with Crippen molar-refractivity contribution in [1.29, 1.82) is 0 Å². The van der Waals surface area contributed by atoms with Gasteiger partial charge in [-0.05, 0) is 19.9 Å². The topological polar surface area (TPSA) is 88.0 Å². The third-order valence-corrected chi connectivity index (χ3v) is 4.85. The average Bonchev–Trinajstić information content (AvgIpc) is 2.65. The van der Waals surface area contributed by atoms with Crippen molar-refractivity contribution in [2.24, 2.45) is 0 Å². The van der Waals surface area contributed by atoms with E-state index in [1.165, 1.54) is 0 Å². The van der Waals surface area contributed by atoms with Crippen LogP contribution in [0.4, 0.5) is 19.0 Å².